The number of rotatable bonds is 3. The van der Waals surface area contributed by atoms with Gasteiger partial charge >= 0.3 is 5.97 Å². The molecule has 0 aliphatic heterocycles. The highest BCUT2D eigenvalue weighted by Crippen LogP contribution is 2.14. The highest BCUT2D eigenvalue weighted by Gasteiger charge is 2.10. The second kappa shape index (κ2) is 4.92. The molecule has 0 atom stereocenters. The van der Waals surface area contributed by atoms with E-state index in [0.29, 0.717) is 5.01 Å². The van der Waals surface area contributed by atoms with E-state index in [1.165, 1.54) is 23.5 Å². The van der Waals surface area contributed by atoms with E-state index in [-0.39, 0.29) is 17.9 Å². The summed E-state index contributed by atoms with van der Waals surface area (Å²) >= 11 is 1.39. The molecule has 0 saturated carbocycles. The van der Waals surface area contributed by atoms with Crippen LogP contribution in [0, 0.1) is 5.82 Å². The number of carbonyl (C=O) groups is 1. The molecule has 0 saturated heterocycles. The van der Waals surface area contributed by atoms with Gasteiger partial charge in [-0.3, -0.25) is 0 Å². The van der Waals surface area contributed by atoms with Gasteiger partial charge in [0.1, 0.15) is 17.4 Å². The lowest BCUT2D eigenvalue weighted by atomic mass is 10.2. The van der Waals surface area contributed by atoms with Gasteiger partial charge in [0.25, 0.3) is 0 Å². The second-order valence-electron chi connectivity index (χ2n) is 3.24. The van der Waals surface area contributed by atoms with Crippen LogP contribution in [0.2, 0.25) is 0 Å². The topological polar surface area (TPSA) is 65.2 Å². The molecule has 17 heavy (non-hydrogen) atoms. The molecule has 2 N–H and O–H groups in total. The van der Waals surface area contributed by atoms with Gasteiger partial charge in [0.2, 0.25) is 0 Å². The summed E-state index contributed by atoms with van der Waals surface area (Å²) in [5, 5.41) is 2.49. The summed E-state index contributed by atoms with van der Waals surface area (Å²) in [6.07, 6.45) is 1.63. The van der Waals surface area contributed by atoms with Crippen LogP contribution in [-0.4, -0.2) is 11.0 Å². The van der Waals surface area contributed by atoms with Gasteiger partial charge in [0.05, 0.1) is 11.3 Å². The van der Waals surface area contributed by atoms with E-state index in [0.717, 1.165) is 6.07 Å². The number of anilines is 1. The van der Waals surface area contributed by atoms with Gasteiger partial charge in [-0.25, -0.2) is 14.2 Å². The first-order valence-electron chi connectivity index (χ1n) is 4.77. The van der Waals surface area contributed by atoms with Crippen LogP contribution in [0.4, 0.5) is 10.1 Å². The molecule has 2 rings (SSSR count). The Morgan fingerprint density at radius 1 is 1.53 bits per heavy atom. The number of hydrogen-bond acceptors (Lipinski definition) is 5. The molecule has 0 aliphatic carbocycles. The molecule has 1 heterocycles. The van der Waals surface area contributed by atoms with Crippen LogP contribution in [0.5, 0.6) is 0 Å². The maximum atomic E-state index is 12.9. The van der Waals surface area contributed by atoms with Gasteiger partial charge in [0, 0.05) is 11.6 Å². The van der Waals surface area contributed by atoms with Crippen molar-refractivity contribution in [3.8, 4) is 0 Å². The number of hydrogen-bond donors (Lipinski definition) is 1. The molecule has 2 aromatic rings. The van der Waals surface area contributed by atoms with E-state index in [1.807, 2.05) is 0 Å². The van der Waals surface area contributed by atoms with E-state index in [4.69, 9.17) is 10.5 Å². The number of thiazole rings is 1. The summed E-state index contributed by atoms with van der Waals surface area (Å²) in [4.78, 5) is 15.6. The molecule has 0 unspecified atom stereocenters. The van der Waals surface area contributed by atoms with Crippen molar-refractivity contribution in [2.45, 2.75) is 6.61 Å². The third-order valence-corrected chi connectivity index (χ3v) is 2.80. The van der Waals surface area contributed by atoms with Crippen molar-refractivity contribution in [2.75, 3.05) is 5.73 Å². The summed E-state index contributed by atoms with van der Waals surface area (Å²) < 4.78 is 17.9. The number of esters is 1. The molecule has 1 aromatic carbocycles. The van der Waals surface area contributed by atoms with Gasteiger partial charge in [0.15, 0.2) is 0 Å². The highest BCUT2D eigenvalue weighted by atomic mass is 32.1. The molecule has 88 valence electrons. The summed E-state index contributed by atoms with van der Waals surface area (Å²) in [6.45, 7) is 0.105. The van der Waals surface area contributed by atoms with Crippen molar-refractivity contribution in [1.82, 2.24) is 4.98 Å². The van der Waals surface area contributed by atoms with Gasteiger partial charge < -0.3 is 10.5 Å². The fraction of sp³-hybridized carbons (Fsp3) is 0.0909. The van der Waals surface area contributed by atoms with Crippen molar-refractivity contribution in [2.24, 2.45) is 0 Å². The minimum atomic E-state index is -0.554. The number of benzene rings is 1. The Morgan fingerprint density at radius 2 is 2.35 bits per heavy atom. The number of nitrogens with zero attached hydrogens (tertiary/aromatic N) is 1. The third kappa shape index (κ3) is 2.79. The lowest BCUT2D eigenvalue weighted by Gasteiger charge is -2.03. The minimum absolute atomic E-state index is 0.0753. The zero-order chi connectivity index (χ0) is 12.3. The molecule has 4 nitrogen and oxygen atoms in total. The number of aromatic nitrogens is 1. The predicted molar refractivity (Wildman–Crippen MR) is 62.0 cm³/mol. The summed E-state index contributed by atoms with van der Waals surface area (Å²) in [7, 11) is 0. The Hall–Kier alpha value is -1.95. The SMILES string of the molecule is Nc1cc(C(=O)OCc2nccs2)ccc1F. The smallest absolute Gasteiger partial charge is 0.338 e. The van der Waals surface area contributed by atoms with Crippen LogP contribution in [0.25, 0.3) is 0 Å². The zero-order valence-electron chi connectivity index (χ0n) is 8.72. The Balaban J connectivity index is 2.02. The molecule has 0 spiro atoms. The minimum Gasteiger partial charge on any atom is -0.455 e. The fourth-order valence-electron chi connectivity index (χ4n) is 1.21. The molecular formula is C11H9FN2O2S. The predicted octanol–water partition coefficient (Wildman–Crippen LogP) is 2.22. The largest absolute Gasteiger partial charge is 0.455 e. The molecule has 6 heteroatoms. The summed E-state index contributed by atoms with van der Waals surface area (Å²) in [5.41, 5.74) is 5.50. The van der Waals surface area contributed by atoms with E-state index >= 15 is 0 Å². The Labute approximate surface area is 101 Å². The Bertz CT molecular complexity index is 528. The standard InChI is InChI=1S/C11H9FN2O2S/c12-8-2-1-7(5-9(8)13)11(15)16-6-10-14-3-4-17-10/h1-5H,6,13H2. The van der Waals surface area contributed by atoms with Gasteiger partial charge in [-0.2, -0.15) is 0 Å². The van der Waals surface area contributed by atoms with Crippen molar-refractivity contribution < 1.29 is 13.9 Å². The number of nitrogen functional groups attached to an aromatic ring is 1. The average Bonchev–Trinajstić information content (AvgIpc) is 2.82. The number of halogens is 1. The van der Waals surface area contributed by atoms with Crippen LogP contribution in [0.3, 0.4) is 0 Å². The van der Waals surface area contributed by atoms with Crippen LogP contribution in [-0.2, 0) is 11.3 Å². The number of carbonyl (C=O) groups excluding carboxylic acids is 1. The third-order valence-electron chi connectivity index (χ3n) is 2.04. The first-order chi connectivity index (χ1) is 8.16. The molecule has 0 radical (unpaired) electrons. The van der Waals surface area contributed by atoms with Gasteiger partial charge in [-0.15, -0.1) is 11.3 Å². The Morgan fingerprint density at radius 3 is 3.00 bits per heavy atom. The lowest BCUT2D eigenvalue weighted by Crippen LogP contribution is -2.06. The number of nitrogens with two attached hydrogens (primary N) is 1. The second-order valence-corrected chi connectivity index (χ2v) is 4.22. The molecule has 0 aliphatic rings. The fourth-order valence-corrected chi connectivity index (χ4v) is 1.73. The highest BCUT2D eigenvalue weighted by molar-refractivity contribution is 7.09. The van der Waals surface area contributed by atoms with E-state index < -0.39 is 11.8 Å². The summed E-state index contributed by atoms with van der Waals surface area (Å²) in [6, 6.07) is 3.71. The van der Waals surface area contributed by atoms with Crippen molar-refractivity contribution in [1.29, 1.82) is 0 Å². The quantitative estimate of drug-likeness (QED) is 0.672. The summed E-state index contributed by atoms with van der Waals surface area (Å²) in [5.74, 6) is -1.10. The van der Waals surface area contributed by atoms with Crippen LogP contribution < -0.4 is 5.73 Å². The molecular weight excluding hydrogens is 243 g/mol. The van der Waals surface area contributed by atoms with Gasteiger partial charge in [-0.05, 0) is 18.2 Å². The first-order valence-corrected chi connectivity index (χ1v) is 5.65. The normalized spacial score (nSPS) is 10.2. The monoisotopic (exact) mass is 252 g/mol. The van der Waals surface area contributed by atoms with Crippen LogP contribution in [0.15, 0.2) is 29.8 Å². The lowest BCUT2D eigenvalue weighted by molar-refractivity contribution is 0.0472. The van der Waals surface area contributed by atoms with Crippen molar-refractivity contribution in [3.05, 3.63) is 46.2 Å². The maximum absolute atomic E-state index is 12.9. The average molecular weight is 252 g/mol. The van der Waals surface area contributed by atoms with Crippen molar-refractivity contribution >= 4 is 23.0 Å². The molecule has 0 amide bonds. The first kappa shape index (κ1) is 11.5. The van der Waals surface area contributed by atoms with E-state index in [1.54, 1.807) is 11.6 Å². The zero-order valence-corrected chi connectivity index (χ0v) is 9.54. The van der Waals surface area contributed by atoms with Crippen molar-refractivity contribution in [3.63, 3.8) is 0 Å². The molecule has 0 bridgehead atoms. The van der Waals surface area contributed by atoms with E-state index in [2.05, 4.69) is 4.98 Å². The molecule has 0 fully saturated rings. The number of ether oxygens (including phenoxy) is 1. The maximum Gasteiger partial charge on any atom is 0.338 e. The van der Waals surface area contributed by atoms with Gasteiger partial charge in [-0.1, -0.05) is 0 Å². The van der Waals surface area contributed by atoms with Crippen LogP contribution in [0.1, 0.15) is 15.4 Å². The van der Waals surface area contributed by atoms with Crippen LogP contribution >= 0.6 is 11.3 Å². The van der Waals surface area contributed by atoms with E-state index in [9.17, 15) is 9.18 Å². The Kier molecular flexibility index (Phi) is 3.34. The molecule has 1 aromatic heterocycles.